The molecule has 2 N–H and O–H groups in total. The lowest BCUT2D eigenvalue weighted by molar-refractivity contribution is -0.135. The number of nitrogens with one attached hydrogen (secondary N) is 1. The fraction of sp³-hybridized carbons (Fsp3) is 0.417. The molecule has 1 aromatic carbocycles. The Morgan fingerprint density at radius 2 is 2.03 bits per heavy atom. The normalized spacial score (nSPS) is 27.2. The number of carbonyl (C=O) groups is 1. The van der Waals surface area contributed by atoms with Gasteiger partial charge in [0.05, 0.1) is 12.1 Å². The highest BCUT2D eigenvalue weighted by atomic mass is 16.3. The maximum absolute atomic E-state index is 13.4. The quantitative estimate of drug-likeness (QED) is 0.816. The summed E-state index contributed by atoms with van der Waals surface area (Å²) in [5.74, 6) is -0.115. The number of carbonyl (C=O) groups excluding carboxylic acids is 1. The summed E-state index contributed by atoms with van der Waals surface area (Å²) < 4.78 is 1.80. The molecule has 0 spiro atoms. The third-order valence-electron chi connectivity index (χ3n) is 6.98. The summed E-state index contributed by atoms with van der Waals surface area (Å²) in [6.07, 6.45) is 4.54. The highest BCUT2D eigenvalue weighted by Crippen LogP contribution is 2.43. The van der Waals surface area contributed by atoms with E-state index in [1.807, 2.05) is 48.2 Å². The predicted octanol–water partition coefficient (Wildman–Crippen LogP) is 1.72. The first kappa shape index (κ1) is 19.3. The van der Waals surface area contributed by atoms with Crippen LogP contribution >= 0.6 is 0 Å². The van der Waals surface area contributed by atoms with Crippen LogP contribution in [0.1, 0.15) is 35.3 Å². The third-order valence-corrected chi connectivity index (χ3v) is 6.98. The highest BCUT2D eigenvalue weighted by molar-refractivity contribution is 5.83. The molecule has 3 aliphatic heterocycles. The van der Waals surface area contributed by atoms with E-state index in [1.54, 1.807) is 4.57 Å². The summed E-state index contributed by atoms with van der Waals surface area (Å²) in [6.45, 7) is 3.67. The summed E-state index contributed by atoms with van der Waals surface area (Å²) in [5, 5.41) is 13.6. The van der Waals surface area contributed by atoms with E-state index in [1.165, 1.54) is 11.1 Å². The first-order chi connectivity index (χ1) is 14.6. The number of hydrogen-bond donors (Lipinski definition) is 2. The Bertz CT molecular complexity index is 1070. The van der Waals surface area contributed by atoms with Crippen LogP contribution < -0.4 is 10.9 Å². The van der Waals surface area contributed by atoms with Crippen LogP contribution in [0.2, 0.25) is 0 Å². The van der Waals surface area contributed by atoms with Crippen molar-refractivity contribution in [2.24, 2.45) is 11.8 Å². The Morgan fingerprint density at radius 3 is 2.80 bits per heavy atom. The van der Waals surface area contributed by atoms with Crippen molar-refractivity contribution in [3.63, 3.8) is 0 Å². The monoisotopic (exact) mass is 405 g/mol. The van der Waals surface area contributed by atoms with Crippen LogP contribution in [0.15, 0.2) is 47.3 Å². The fourth-order valence-electron chi connectivity index (χ4n) is 5.44. The SMILES string of the molecule is C/C=C/c1ccc2n(c1=O)C[C@H]1[C@H](CO)[C@@H](C(=O)N3CCc4ccccc4C3)N[C@@H]21. The van der Waals surface area contributed by atoms with Crippen molar-refractivity contribution in [2.75, 3.05) is 13.2 Å². The fourth-order valence-corrected chi connectivity index (χ4v) is 5.44. The second-order valence-electron chi connectivity index (χ2n) is 8.54. The van der Waals surface area contributed by atoms with Gasteiger partial charge >= 0.3 is 0 Å². The molecular weight excluding hydrogens is 378 g/mol. The summed E-state index contributed by atoms with van der Waals surface area (Å²) in [6, 6.07) is 11.6. The van der Waals surface area contributed by atoms with Crippen LogP contribution in [0.5, 0.6) is 0 Å². The van der Waals surface area contributed by atoms with Crippen LogP contribution in [0.4, 0.5) is 0 Å². The molecule has 1 saturated heterocycles. The van der Waals surface area contributed by atoms with Crippen LogP contribution in [-0.2, 0) is 24.3 Å². The molecule has 156 valence electrons. The first-order valence-electron chi connectivity index (χ1n) is 10.7. The minimum Gasteiger partial charge on any atom is -0.396 e. The van der Waals surface area contributed by atoms with E-state index in [0.29, 0.717) is 25.2 Å². The van der Waals surface area contributed by atoms with Crippen molar-refractivity contribution in [2.45, 2.75) is 38.5 Å². The van der Waals surface area contributed by atoms with Crippen molar-refractivity contribution >= 4 is 12.0 Å². The van der Waals surface area contributed by atoms with E-state index in [4.69, 9.17) is 0 Å². The van der Waals surface area contributed by atoms with E-state index in [2.05, 4.69) is 17.4 Å². The minimum absolute atomic E-state index is 0.00555. The maximum Gasteiger partial charge on any atom is 0.258 e. The van der Waals surface area contributed by atoms with Gasteiger partial charge in [-0.05, 0) is 36.6 Å². The lowest BCUT2D eigenvalue weighted by atomic mass is 9.87. The zero-order chi connectivity index (χ0) is 20.8. The van der Waals surface area contributed by atoms with E-state index in [-0.39, 0.29) is 36.0 Å². The smallest absolute Gasteiger partial charge is 0.258 e. The lowest BCUT2D eigenvalue weighted by Crippen LogP contribution is -2.49. The van der Waals surface area contributed by atoms with Crippen molar-refractivity contribution in [3.8, 4) is 0 Å². The Balaban J connectivity index is 1.40. The van der Waals surface area contributed by atoms with Gasteiger partial charge in [0.25, 0.3) is 5.56 Å². The summed E-state index contributed by atoms with van der Waals surface area (Å²) in [7, 11) is 0. The van der Waals surface area contributed by atoms with Gasteiger partial charge in [-0.15, -0.1) is 0 Å². The van der Waals surface area contributed by atoms with Crippen LogP contribution in [-0.4, -0.2) is 39.7 Å². The molecule has 4 heterocycles. The molecule has 3 aliphatic rings. The topological polar surface area (TPSA) is 74.6 Å². The van der Waals surface area contributed by atoms with Gasteiger partial charge < -0.3 is 14.6 Å². The zero-order valence-corrected chi connectivity index (χ0v) is 17.1. The molecule has 1 amide bonds. The number of aliphatic hydroxyl groups is 1. The van der Waals surface area contributed by atoms with Crippen molar-refractivity contribution in [3.05, 3.63) is 75.2 Å². The van der Waals surface area contributed by atoms with E-state index < -0.39 is 6.04 Å². The second-order valence-corrected chi connectivity index (χ2v) is 8.54. The molecule has 1 fully saturated rings. The molecule has 0 aliphatic carbocycles. The number of rotatable bonds is 3. The second kappa shape index (κ2) is 7.52. The number of fused-ring (bicyclic) bond motifs is 4. The molecule has 5 rings (SSSR count). The summed E-state index contributed by atoms with van der Waals surface area (Å²) in [5.41, 5.74) is 4.08. The molecule has 0 unspecified atom stereocenters. The number of amides is 1. The van der Waals surface area contributed by atoms with Crippen molar-refractivity contribution in [1.82, 2.24) is 14.8 Å². The van der Waals surface area contributed by atoms with Gasteiger partial charge in [-0.1, -0.05) is 36.4 Å². The standard InChI is InChI=1S/C24H27N3O3/c1-2-5-16-8-9-20-21-18(13-27(20)23(16)29)19(14-28)22(25-21)24(30)26-11-10-15-6-3-4-7-17(15)12-26/h2-9,18-19,21-22,25,28H,10-14H2,1H3/b5-2+/t18-,19-,21+,22-/m0/s1. The number of hydrogen-bond acceptors (Lipinski definition) is 4. The van der Waals surface area contributed by atoms with E-state index in [9.17, 15) is 14.7 Å². The van der Waals surface area contributed by atoms with Gasteiger partial charge in [0.1, 0.15) is 0 Å². The number of aliphatic hydroxyl groups excluding tert-OH is 1. The Hall–Kier alpha value is -2.70. The largest absolute Gasteiger partial charge is 0.396 e. The number of aromatic nitrogens is 1. The Kier molecular flexibility index (Phi) is 4.83. The van der Waals surface area contributed by atoms with Gasteiger partial charge in [0.15, 0.2) is 0 Å². The number of pyridine rings is 1. The van der Waals surface area contributed by atoms with Gasteiger partial charge in [-0.3, -0.25) is 14.9 Å². The third kappa shape index (κ3) is 2.94. The maximum atomic E-state index is 13.4. The Morgan fingerprint density at radius 1 is 1.23 bits per heavy atom. The molecule has 6 heteroatoms. The molecule has 2 aromatic rings. The van der Waals surface area contributed by atoms with Crippen molar-refractivity contribution in [1.29, 1.82) is 0 Å². The van der Waals surface area contributed by atoms with E-state index >= 15 is 0 Å². The molecule has 0 bridgehead atoms. The molecule has 0 radical (unpaired) electrons. The molecule has 0 saturated carbocycles. The molecule has 30 heavy (non-hydrogen) atoms. The van der Waals surface area contributed by atoms with Crippen LogP contribution in [0.25, 0.3) is 6.08 Å². The van der Waals surface area contributed by atoms with Crippen molar-refractivity contribution < 1.29 is 9.90 Å². The highest BCUT2D eigenvalue weighted by Gasteiger charge is 2.51. The lowest BCUT2D eigenvalue weighted by Gasteiger charge is -2.33. The van der Waals surface area contributed by atoms with Gasteiger partial charge in [0, 0.05) is 49.3 Å². The average Bonchev–Trinajstić information content (AvgIpc) is 3.31. The number of nitrogens with zero attached hydrogens (tertiary/aromatic N) is 2. The van der Waals surface area contributed by atoms with Crippen LogP contribution in [0, 0.1) is 11.8 Å². The van der Waals surface area contributed by atoms with Gasteiger partial charge in [0.2, 0.25) is 5.91 Å². The predicted molar refractivity (Wildman–Crippen MR) is 115 cm³/mol. The zero-order valence-electron chi connectivity index (χ0n) is 17.1. The summed E-state index contributed by atoms with van der Waals surface area (Å²) >= 11 is 0. The molecule has 1 aromatic heterocycles. The first-order valence-corrected chi connectivity index (χ1v) is 10.7. The van der Waals surface area contributed by atoms with Gasteiger partial charge in [-0.2, -0.15) is 0 Å². The Labute approximate surface area is 175 Å². The number of allylic oxidation sites excluding steroid dienone is 1. The van der Waals surface area contributed by atoms with Crippen LogP contribution in [0.3, 0.4) is 0 Å². The van der Waals surface area contributed by atoms with Gasteiger partial charge in [-0.25, -0.2) is 0 Å². The number of benzene rings is 1. The summed E-state index contributed by atoms with van der Waals surface area (Å²) in [4.78, 5) is 28.1. The minimum atomic E-state index is -0.422. The molecular formula is C24H27N3O3. The van der Waals surface area contributed by atoms with E-state index in [0.717, 1.165) is 12.1 Å². The molecule has 4 atom stereocenters. The molecule has 6 nitrogen and oxygen atoms in total. The average molecular weight is 405 g/mol.